The molecule has 6 unspecified atom stereocenters. The molecule has 0 aliphatic heterocycles. The van der Waals surface area contributed by atoms with E-state index in [0.717, 1.165) is 35.5 Å². The molecule has 0 amide bonds. The minimum Gasteiger partial charge on any atom is -0.0530 e. The van der Waals surface area contributed by atoms with Gasteiger partial charge in [0.15, 0.2) is 0 Å². The van der Waals surface area contributed by atoms with E-state index < -0.39 is 0 Å². The fourth-order valence-corrected chi connectivity index (χ4v) is 7.04. The van der Waals surface area contributed by atoms with Crippen LogP contribution < -0.4 is 0 Å². The Morgan fingerprint density at radius 2 is 0.650 bits per heavy atom. The lowest BCUT2D eigenvalue weighted by Gasteiger charge is -2.51. The third-order valence-electron chi connectivity index (χ3n) is 7.81. The highest BCUT2D eigenvalue weighted by Gasteiger charge is 2.44. The maximum atomic E-state index is 1.61. The van der Waals surface area contributed by atoms with Crippen molar-refractivity contribution < 1.29 is 0 Å². The van der Waals surface area contributed by atoms with Crippen molar-refractivity contribution >= 4 is 0 Å². The van der Waals surface area contributed by atoms with E-state index in [9.17, 15) is 0 Å². The molecule has 0 heterocycles. The van der Waals surface area contributed by atoms with Crippen molar-refractivity contribution in [3.63, 3.8) is 0 Å². The number of fused-ring (bicyclic) bond motifs is 2. The van der Waals surface area contributed by atoms with E-state index in [1.54, 1.807) is 89.9 Å². The SMILES string of the molecule is C1CCC2C(C1)CCCC2C1CCCC2CCCCC21. The third kappa shape index (κ3) is 2.46. The molecular weight excluding hydrogens is 240 g/mol. The molecule has 0 bridgehead atoms. The normalized spacial score (nSPS) is 49.2. The Labute approximate surface area is 126 Å². The predicted molar refractivity (Wildman–Crippen MR) is 85.6 cm³/mol. The average Bonchev–Trinajstić information content (AvgIpc) is 2.54. The van der Waals surface area contributed by atoms with Crippen molar-refractivity contribution in [1.29, 1.82) is 0 Å². The monoisotopic (exact) mass is 274 g/mol. The van der Waals surface area contributed by atoms with Gasteiger partial charge < -0.3 is 0 Å². The van der Waals surface area contributed by atoms with Crippen molar-refractivity contribution in [3.8, 4) is 0 Å². The first-order chi connectivity index (χ1) is 9.93. The van der Waals surface area contributed by atoms with Gasteiger partial charge in [0.2, 0.25) is 0 Å². The van der Waals surface area contributed by atoms with Gasteiger partial charge in [0.1, 0.15) is 0 Å². The van der Waals surface area contributed by atoms with Gasteiger partial charge in [-0.05, 0) is 61.2 Å². The highest BCUT2D eigenvalue weighted by molar-refractivity contribution is 4.94. The zero-order chi connectivity index (χ0) is 13.4. The van der Waals surface area contributed by atoms with E-state index in [-0.39, 0.29) is 0 Å². The average molecular weight is 274 g/mol. The molecule has 0 spiro atoms. The van der Waals surface area contributed by atoms with Gasteiger partial charge in [0.05, 0.1) is 0 Å². The molecule has 4 aliphatic rings. The predicted octanol–water partition coefficient (Wildman–Crippen LogP) is 6.20. The van der Waals surface area contributed by atoms with Gasteiger partial charge in [-0.1, -0.05) is 64.2 Å². The number of hydrogen-bond donors (Lipinski definition) is 0. The second-order valence-corrected chi connectivity index (χ2v) is 8.61. The largest absolute Gasteiger partial charge is 0.0530 e. The zero-order valence-electron chi connectivity index (χ0n) is 13.4. The van der Waals surface area contributed by atoms with Crippen LogP contribution in [0.15, 0.2) is 0 Å². The number of hydrogen-bond acceptors (Lipinski definition) is 0. The topological polar surface area (TPSA) is 0 Å². The van der Waals surface area contributed by atoms with Crippen LogP contribution in [0.2, 0.25) is 0 Å². The van der Waals surface area contributed by atoms with Gasteiger partial charge in [-0.25, -0.2) is 0 Å². The summed E-state index contributed by atoms with van der Waals surface area (Å²) in [6.07, 6.45) is 22.1. The molecule has 4 rings (SSSR count). The summed E-state index contributed by atoms with van der Waals surface area (Å²) in [6, 6.07) is 0. The summed E-state index contributed by atoms with van der Waals surface area (Å²) in [5.74, 6) is 6.91. The van der Waals surface area contributed by atoms with Gasteiger partial charge >= 0.3 is 0 Å². The summed E-state index contributed by atoms with van der Waals surface area (Å²) < 4.78 is 0. The molecule has 4 saturated carbocycles. The van der Waals surface area contributed by atoms with Crippen LogP contribution in [-0.2, 0) is 0 Å². The van der Waals surface area contributed by atoms with Gasteiger partial charge in [0.25, 0.3) is 0 Å². The van der Waals surface area contributed by atoms with Crippen molar-refractivity contribution in [1.82, 2.24) is 0 Å². The van der Waals surface area contributed by atoms with E-state index in [1.807, 2.05) is 0 Å². The third-order valence-corrected chi connectivity index (χ3v) is 7.81. The molecule has 0 nitrogen and oxygen atoms in total. The fraction of sp³-hybridized carbons (Fsp3) is 1.00. The summed E-state index contributed by atoms with van der Waals surface area (Å²) >= 11 is 0. The van der Waals surface area contributed by atoms with Crippen LogP contribution in [0.3, 0.4) is 0 Å². The molecule has 4 aliphatic carbocycles. The van der Waals surface area contributed by atoms with E-state index in [1.165, 1.54) is 0 Å². The highest BCUT2D eigenvalue weighted by Crippen LogP contribution is 2.54. The molecule has 4 fully saturated rings. The lowest BCUT2D eigenvalue weighted by Crippen LogP contribution is -2.42. The first kappa shape index (κ1) is 13.6. The minimum absolute atomic E-state index is 1.14. The van der Waals surface area contributed by atoms with Crippen molar-refractivity contribution in [2.24, 2.45) is 35.5 Å². The molecule has 0 aromatic carbocycles. The molecule has 114 valence electrons. The summed E-state index contributed by atoms with van der Waals surface area (Å²) in [5, 5.41) is 0. The summed E-state index contributed by atoms with van der Waals surface area (Å²) in [6.45, 7) is 0. The van der Waals surface area contributed by atoms with E-state index in [0.29, 0.717) is 0 Å². The standard InChI is InChI=1S/C20H34/c1-3-11-17-15(7-1)9-5-13-19(17)20-14-6-10-16-8-2-4-12-18(16)20/h15-20H,1-14H2. The Morgan fingerprint density at radius 3 is 1.15 bits per heavy atom. The van der Waals surface area contributed by atoms with Gasteiger partial charge in [-0.2, -0.15) is 0 Å². The number of rotatable bonds is 1. The Bertz CT molecular complexity index is 284. The maximum absolute atomic E-state index is 1.61. The Hall–Kier alpha value is 0. The smallest absolute Gasteiger partial charge is 0.0352 e. The fourth-order valence-electron chi connectivity index (χ4n) is 7.04. The second-order valence-electron chi connectivity index (χ2n) is 8.61. The molecule has 0 aromatic rings. The Balaban J connectivity index is 1.52. The molecule has 6 atom stereocenters. The van der Waals surface area contributed by atoms with Crippen LogP contribution in [0.4, 0.5) is 0 Å². The van der Waals surface area contributed by atoms with Crippen LogP contribution in [0.25, 0.3) is 0 Å². The van der Waals surface area contributed by atoms with E-state index in [2.05, 4.69) is 0 Å². The van der Waals surface area contributed by atoms with Crippen molar-refractivity contribution in [3.05, 3.63) is 0 Å². The zero-order valence-corrected chi connectivity index (χ0v) is 13.4. The molecule has 0 heteroatoms. The van der Waals surface area contributed by atoms with Crippen LogP contribution in [0.1, 0.15) is 89.9 Å². The first-order valence-corrected chi connectivity index (χ1v) is 9.93. The first-order valence-electron chi connectivity index (χ1n) is 9.93. The second kappa shape index (κ2) is 6.01. The molecular formula is C20H34. The summed E-state index contributed by atoms with van der Waals surface area (Å²) in [5.41, 5.74) is 0. The summed E-state index contributed by atoms with van der Waals surface area (Å²) in [7, 11) is 0. The molecule has 0 N–H and O–H groups in total. The molecule has 0 aromatic heterocycles. The quantitative estimate of drug-likeness (QED) is 0.534. The maximum Gasteiger partial charge on any atom is -0.0352 e. The lowest BCUT2D eigenvalue weighted by atomic mass is 9.54. The van der Waals surface area contributed by atoms with E-state index in [4.69, 9.17) is 0 Å². The Kier molecular flexibility index (Phi) is 4.10. The minimum atomic E-state index is 1.14. The molecule has 0 saturated heterocycles. The van der Waals surface area contributed by atoms with Gasteiger partial charge in [-0.3, -0.25) is 0 Å². The Morgan fingerprint density at radius 1 is 0.300 bits per heavy atom. The van der Waals surface area contributed by atoms with E-state index >= 15 is 0 Å². The van der Waals surface area contributed by atoms with Crippen molar-refractivity contribution in [2.45, 2.75) is 89.9 Å². The van der Waals surface area contributed by atoms with Crippen molar-refractivity contribution in [2.75, 3.05) is 0 Å². The van der Waals surface area contributed by atoms with Crippen LogP contribution in [0.5, 0.6) is 0 Å². The van der Waals surface area contributed by atoms with Crippen LogP contribution in [-0.4, -0.2) is 0 Å². The van der Waals surface area contributed by atoms with Crippen LogP contribution in [0, 0.1) is 35.5 Å². The van der Waals surface area contributed by atoms with Crippen LogP contribution >= 0.6 is 0 Å². The summed E-state index contributed by atoms with van der Waals surface area (Å²) in [4.78, 5) is 0. The van der Waals surface area contributed by atoms with Gasteiger partial charge in [-0.15, -0.1) is 0 Å². The molecule has 20 heavy (non-hydrogen) atoms. The highest BCUT2D eigenvalue weighted by atomic mass is 14.5. The molecule has 0 radical (unpaired) electrons. The lowest BCUT2D eigenvalue weighted by molar-refractivity contribution is -0.00878. The van der Waals surface area contributed by atoms with Gasteiger partial charge in [0, 0.05) is 0 Å².